The Labute approximate surface area is 100 Å². The Kier molecular flexibility index (Phi) is 2.41. The molecule has 0 fully saturated rings. The van der Waals surface area contributed by atoms with Crippen LogP contribution in [0.15, 0.2) is 34.9 Å². The maximum Gasteiger partial charge on any atom is 0.125 e. The molecule has 88 valence electrons. The number of nitrogens with two attached hydrogens (primary N) is 1. The summed E-state index contributed by atoms with van der Waals surface area (Å²) < 4.78 is 11.0. The first-order chi connectivity index (χ1) is 8.28. The fourth-order valence-electron chi connectivity index (χ4n) is 2.35. The van der Waals surface area contributed by atoms with Crippen molar-refractivity contribution in [3.63, 3.8) is 0 Å². The SMILES string of the molecule is CC1Cc2cc(-c3ccoc3CN)ccc2O1. The van der Waals surface area contributed by atoms with Crippen LogP contribution in [0, 0.1) is 0 Å². The average Bonchev–Trinajstić information content (AvgIpc) is 2.91. The molecule has 0 amide bonds. The molecule has 0 spiro atoms. The van der Waals surface area contributed by atoms with Crippen molar-refractivity contribution in [3.8, 4) is 16.9 Å². The van der Waals surface area contributed by atoms with E-state index in [1.807, 2.05) is 12.1 Å². The van der Waals surface area contributed by atoms with E-state index in [0.29, 0.717) is 6.54 Å². The molecular formula is C14H15NO2. The van der Waals surface area contributed by atoms with Crippen LogP contribution in [0.4, 0.5) is 0 Å². The van der Waals surface area contributed by atoms with Gasteiger partial charge in [0.25, 0.3) is 0 Å². The topological polar surface area (TPSA) is 48.4 Å². The molecule has 17 heavy (non-hydrogen) atoms. The van der Waals surface area contributed by atoms with Gasteiger partial charge in [-0.15, -0.1) is 0 Å². The van der Waals surface area contributed by atoms with E-state index in [1.165, 1.54) is 5.56 Å². The zero-order valence-corrected chi connectivity index (χ0v) is 9.77. The second kappa shape index (κ2) is 3.93. The van der Waals surface area contributed by atoms with Crippen molar-refractivity contribution in [2.75, 3.05) is 0 Å². The number of fused-ring (bicyclic) bond motifs is 1. The van der Waals surface area contributed by atoms with Crippen molar-refractivity contribution in [1.82, 2.24) is 0 Å². The molecule has 1 aromatic heterocycles. The highest BCUT2D eigenvalue weighted by molar-refractivity contribution is 5.68. The molecule has 2 aromatic rings. The Morgan fingerprint density at radius 1 is 1.35 bits per heavy atom. The van der Waals surface area contributed by atoms with Crippen molar-refractivity contribution in [1.29, 1.82) is 0 Å². The van der Waals surface area contributed by atoms with Crippen molar-refractivity contribution in [2.24, 2.45) is 5.73 Å². The molecule has 1 atom stereocenters. The average molecular weight is 229 g/mol. The van der Waals surface area contributed by atoms with E-state index in [0.717, 1.165) is 29.1 Å². The molecule has 1 unspecified atom stereocenters. The van der Waals surface area contributed by atoms with Gasteiger partial charge in [-0.05, 0) is 36.2 Å². The van der Waals surface area contributed by atoms with E-state index in [9.17, 15) is 0 Å². The summed E-state index contributed by atoms with van der Waals surface area (Å²) in [5.74, 6) is 1.83. The summed E-state index contributed by atoms with van der Waals surface area (Å²) >= 11 is 0. The van der Waals surface area contributed by atoms with E-state index in [1.54, 1.807) is 6.26 Å². The molecule has 3 nitrogen and oxygen atoms in total. The number of hydrogen-bond acceptors (Lipinski definition) is 3. The van der Waals surface area contributed by atoms with E-state index in [-0.39, 0.29) is 6.10 Å². The molecule has 3 heteroatoms. The zero-order valence-electron chi connectivity index (χ0n) is 9.77. The van der Waals surface area contributed by atoms with Gasteiger partial charge in [0.15, 0.2) is 0 Å². The van der Waals surface area contributed by atoms with Crippen molar-refractivity contribution < 1.29 is 9.15 Å². The number of hydrogen-bond donors (Lipinski definition) is 1. The lowest BCUT2D eigenvalue weighted by molar-refractivity contribution is 0.254. The monoisotopic (exact) mass is 229 g/mol. The lowest BCUT2D eigenvalue weighted by atomic mass is 10.0. The summed E-state index contributed by atoms with van der Waals surface area (Å²) in [5.41, 5.74) is 9.14. The normalized spacial score (nSPS) is 17.9. The number of furan rings is 1. The van der Waals surface area contributed by atoms with Crippen molar-refractivity contribution in [3.05, 3.63) is 41.9 Å². The van der Waals surface area contributed by atoms with E-state index < -0.39 is 0 Å². The van der Waals surface area contributed by atoms with Crippen molar-refractivity contribution >= 4 is 0 Å². The van der Waals surface area contributed by atoms with E-state index in [4.69, 9.17) is 14.9 Å². The quantitative estimate of drug-likeness (QED) is 0.861. The summed E-state index contributed by atoms with van der Waals surface area (Å²) in [6.45, 7) is 2.51. The van der Waals surface area contributed by atoms with Gasteiger partial charge in [-0.1, -0.05) is 6.07 Å². The molecule has 0 aliphatic carbocycles. The Hall–Kier alpha value is -1.74. The van der Waals surface area contributed by atoms with Gasteiger partial charge in [0, 0.05) is 12.0 Å². The molecular weight excluding hydrogens is 214 g/mol. The van der Waals surface area contributed by atoms with Crippen LogP contribution < -0.4 is 10.5 Å². The molecule has 3 rings (SSSR count). The summed E-state index contributed by atoms with van der Waals surface area (Å²) in [4.78, 5) is 0. The van der Waals surface area contributed by atoms with Gasteiger partial charge >= 0.3 is 0 Å². The summed E-state index contributed by atoms with van der Waals surface area (Å²) in [5, 5.41) is 0. The minimum atomic E-state index is 0.276. The van der Waals surface area contributed by atoms with Crippen LogP contribution in [0.1, 0.15) is 18.2 Å². The fraction of sp³-hybridized carbons (Fsp3) is 0.286. The van der Waals surface area contributed by atoms with Crippen LogP contribution in [0.25, 0.3) is 11.1 Å². The van der Waals surface area contributed by atoms with Gasteiger partial charge in [-0.2, -0.15) is 0 Å². The van der Waals surface area contributed by atoms with Crippen LogP contribution >= 0.6 is 0 Å². The van der Waals surface area contributed by atoms with Gasteiger partial charge in [0.05, 0.1) is 12.8 Å². The van der Waals surface area contributed by atoms with Gasteiger partial charge in [-0.3, -0.25) is 0 Å². The van der Waals surface area contributed by atoms with Gasteiger partial charge in [0.2, 0.25) is 0 Å². The van der Waals surface area contributed by atoms with Gasteiger partial charge in [-0.25, -0.2) is 0 Å². The predicted octanol–water partition coefficient (Wildman–Crippen LogP) is 2.73. The minimum absolute atomic E-state index is 0.276. The first-order valence-corrected chi connectivity index (χ1v) is 5.84. The molecule has 0 saturated carbocycles. The molecule has 0 bridgehead atoms. The largest absolute Gasteiger partial charge is 0.490 e. The highest BCUT2D eigenvalue weighted by atomic mass is 16.5. The molecule has 2 N–H and O–H groups in total. The molecule has 0 saturated heterocycles. The maximum absolute atomic E-state index is 5.69. The molecule has 1 aromatic carbocycles. The van der Waals surface area contributed by atoms with E-state index in [2.05, 4.69) is 19.1 Å². The Morgan fingerprint density at radius 2 is 2.24 bits per heavy atom. The molecule has 2 heterocycles. The van der Waals surface area contributed by atoms with E-state index >= 15 is 0 Å². The maximum atomic E-state index is 5.69. The van der Waals surface area contributed by atoms with Gasteiger partial charge < -0.3 is 14.9 Å². The van der Waals surface area contributed by atoms with Crippen molar-refractivity contribution in [2.45, 2.75) is 26.0 Å². The van der Waals surface area contributed by atoms with Gasteiger partial charge in [0.1, 0.15) is 17.6 Å². The van der Waals surface area contributed by atoms with Crippen LogP contribution in [-0.4, -0.2) is 6.10 Å². The number of ether oxygens (including phenoxy) is 1. The highest BCUT2D eigenvalue weighted by Crippen LogP contribution is 2.34. The van der Waals surface area contributed by atoms with Crippen LogP contribution in [-0.2, 0) is 13.0 Å². The fourth-order valence-corrected chi connectivity index (χ4v) is 2.35. The smallest absolute Gasteiger partial charge is 0.125 e. The van der Waals surface area contributed by atoms with Crippen LogP contribution in [0.3, 0.4) is 0 Å². The third-order valence-corrected chi connectivity index (χ3v) is 3.14. The Balaban J connectivity index is 2.03. The summed E-state index contributed by atoms with van der Waals surface area (Å²) in [6.07, 6.45) is 2.93. The Morgan fingerprint density at radius 3 is 3.06 bits per heavy atom. The zero-order chi connectivity index (χ0) is 11.8. The molecule has 0 radical (unpaired) electrons. The minimum Gasteiger partial charge on any atom is -0.490 e. The lowest BCUT2D eigenvalue weighted by Gasteiger charge is -2.04. The first-order valence-electron chi connectivity index (χ1n) is 5.84. The highest BCUT2D eigenvalue weighted by Gasteiger charge is 2.19. The second-order valence-corrected chi connectivity index (χ2v) is 4.42. The molecule has 1 aliphatic rings. The summed E-state index contributed by atoms with van der Waals surface area (Å²) in [6, 6.07) is 8.22. The first kappa shape index (κ1) is 10.4. The second-order valence-electron chi connectivity index (χ2n) is 4.42. The third-order valence-electron chi connectivity index (χ3n) is 3.14. The number of benzene rings is 1. The molecule has 1 aliphatic heterocycles. The Bertz CT molecular complexity index is 545. The third kappa shape index (κ3) is 1.72. The number of rotatable bonds is 2. The standard InChI is InChI=1S/C14H15NO2/c1-9-6-11-7-10(2-3-13(11)17-9)12-4-5-16-14(12)8-15/h2-5,7,9H,6,8,15H2,1H3. The van der Waals surface area contributed by atoms with Crippen LogP contribution in [0.2, 0.25) is 0 Å². The lowest BCUT2D eigenvalue weighted by Crippen LogP contribution is -2.05. The summed E-state index contributed by atoms with van der Waals surface area (Å²) in [7, 11) is 0. The van der Waals surface area contributed by atoms with Crippen LogP contribution in [0.5, 0.6) is 5.75 Å². The predicted molar refractivity (Wildman–Crippen MR) is 65.8 cm³/mol.